The molecule has 3 N–H and O–H groups in total. The molecule has 0 aliphatic heterocycles. The first-order valence-electron chi connectivity index (χ1n) is 8.30. The van der Waals surface area contributed by atoms with Crippen molar-refractivity contribution < 1.29 is 14.7 Å². The Morgan fingerprint density at radius 1 is 1.12 bits per heavy atom. The maximum absolute atomic E-state index is 12.5. The molecule has 0 saturated carbocycles. The number of halogens is 1. The van der Waals surface area contributed by atoms with Crippen LogP contribution >= 0.6 is 11.6 Å². The highest BCUT2D eigenvalue weighted by atomic mass is 35.5. The van der Waals surface area contributed by atoms with Gasteiger partial charge in [-0.3, -0.25) is 9.59 Å². The first-order chi connectivity index (χ1) is 12.5. The fraction of sp³-hybridized carbons (Fsp3) is 0.158. The lowest BCUT2D eigenvalue weighted by Gasteiger charge is -2.11. The van der Waals surface area contributed by atoms with Crippen LogP contribution in [0.15, 0.2) is 54.2 Å². The van der Waals surface area contributed by atoms with Gasteiger partial charge in [0.25, 0.3) is 11.8 Å². The van der Waals surface area contributed by atoms with Gasteiger partial charge >= 0.3 is 0 Å². The Labute approximate surface area is 158 Å². The molecular weight excluding hydrogens is 350 g/mol. The van der Waals surface area contributed by atoms with E-state index in [4.69, 9.17) is 16.7 Å². The highest BCUT2D eigenvalue weighted by Gasteiger charge is 2.14. The molecule has 0 aromatic heterocycles. The molecule has 0 aliphatic carbocycles. The van der Waals surface area contributed by atoms with E-state index in [0.717, 1.165) is 12.7 Å². The molecule has 0 fully saturated rings. The van der Waals surface area contributed by atoms with Crippen LogP contribution in [0.25, 0.3) is 6.08 Å². The predicted molar refractivity (Wildman–Crippen MR) is 106 cm³/mol. The fourth-order valence-corrected chi connectivity index (χ4v) is 2.36. The van der Waals surface area contributed by atoms with Crippen LogP contribution in [0, 0.1) is 0 Å². The van der Waals surface area contributed by atoms with Gasteiger partial charge < -0.3 is 15.7 Å². The number of aliphatic hydroxyl groups is 1. The summed E-state index contributed by atoms with van der Waals surface area (Å²) in [5.41, 5.74) is 2.38. The van der Waals surface area contributed by atoms with E-state index in [0.29, 0.717) is 16.1 Å². The number of nitrogens with one attached hydrogen (secondary N) is 2. The Morgan fingerprint density at radius 3 is 2.35 bits per heavy atom. The van der Waals surface area contributed by atoms with Crippen LogP contribution in [0.4, 0.5) is 0 Å². The minimum absolute atomic E-state index is 0.0883. The van der Waals surface area contributed by atoms with Crippen molar-refractivity contribution in [2.24, 2.45) is 0 Å². The van der Waals surface area contributed by atoms with E-state index in [1.54, 1.807) is 42.5 Å². The second kappa shape index (κ2) is 9.80. The van der Waals surface area contributed by atoms with Gasteiger partial charge in [-0.25, -0.2) is 0 Å². The summed E-state index contributed by atoms with van der Waals surface area (Å²) in [7, 11) is 0.882. The Hall–Kier alpha value is -2.57. The van der Waals surface area contributed by atoms with Crippen molar-refractivity contribution in [2.75, 3.05) is 13.2 Å². The van der Waals surface area contributed by atoms with E-state index in [-0.39, 0.29) is 24.8 Å². The number of hydrogen-bond acceptors (Lipinski definition) is 3. The molecular formula is C19H20BClN2O3. The van der Waals surface area contributed by atoms with E-state index in [1.807, 2.05) is 19.0 Å². The molecule has 0 spiro atoms. The van der Waals surface area contributed by atoms with Crippen molar-refractivity contribution in [1.29, 1.82) is 0 Å². The smallest absolute Gasteiger partial charge is 0.267 e. The molecule has 0 saturated heterocycles. The minimum atomic E-state index is -0.479. The largest absolute Gasteiger partial charge is 0.395 e. The molecule has 2 amide bonds. The quantitative estimate of drug-likeness (QED) is 0.508. The van der Waals surface area contributed by atoms with E-state index in [9.17, 15) is 9.59 Å². The van der Waals surface area contributed by atoms with E-state index >= 15 is 0 Å². The molecule has 5 nitrogen and oxygen atoms in total. The van der Waals surface area contributed by atoms with Gasteiger partial charge in [0.15, 0.2) is 7.28 Å². The normalized spacial score (nSPS) is 11.0. The topological polar surface area (TPSA) is 78.4 Å². The summed E-state index contributed by atoms with van der Waals surface area (Å²) in [5.74, 6) is -0.862. The third kappa shape index (κ3) is 5.76. The summed E-state index contributed by atoms with van der Waals surface area (Å²) in [5, 5.41) is 14.6. The van der Waals surface area contributed by atoms with Gasteiger partial charge in [-0.2, -0.15) is 0 Å². The van der Waals surface area contributed by atoms with Gasteiger partial charge in [0.2, 0.25) is 0 Å². The van der Waals surface area contributed by atoms with Crippen LogP contribution in [0.1, 0.15) is 15.9 Å². The number of benzene rings is 2. The lowest BCUT2D eigenvalue weighted by atomic mass is 9.73. The number of hydrogen-bond donors (Lipinski definition) is 3. The van der Waals surface area contributed by atoms with E-state index in [1.165, 1.54) is 0 Å². The first-order valence-corrected chi connectivity index (χ1v) is 8.68. The number of aliphatic hydroxyl groups excluding tert-OH is 1. The summed E-state index contributed by atoms with van der Waals surface area (Å²) in [6.07, 6.45) is 1.56. The lowest BCUT2D eigenvalue weighted by molar-refractivity contribution is -0.117. The summed E-state index contributed by atoms with van der Waals surface area (Å²) in [4.78, 5) is 24.8. The predicted octanol–water partition coefficient (Wildman–Crippen LogP) is 1.33. The third-order valence-electron chi connectivity index (χ3n) is 3.70. The van der Waals surface area contributed by atoms with Crippen molar-refractivity contribution in [3.05, 3.63) is 70.4 Å². The number of amides is 2. The van der Waals surface area contributed by atoms with Crippen molar-refractivity contribution >= 4 is 42.2 Å². The molecule has 2 aromatic carbocycles. The standard InChI is InChI=1S/C19H20BClN2O3/c1-20-15-6-4-14(5-7-15)18(25)23-17(19(26)22-10-11-24)12-13-2-8-16(21)9-3-13/h2-9,12,20,24H,10-11H2,1H3,(H,22,26)(H,23,25)/b17-12-. The molecule has 26 heavy (non-hydrogen) atoms. The van der Waals surface area contributed by atoms with E-state index < -0.39 is 5.91 Å². The van der Waals surface area contributed by atoms with Crippen LogP contribution in [-0.2, 0) is 4.79 Å². The highest BCUT2D eigenvalue weighted by molar-refractivity contribution is 6.51. The van der Waals surface area contributed by atoms with Crippen LogP contribution in [0.5, 0.6) is 0 Å². The molecule has 2 aromatic rings. The molecule has 0 atom stereocenters. The van der Waals surface area contributed by atoms with Gasteiger partial charge in [0.05, 0.1) is 6.61 Å². The Morgan fingerprint density at radius 2 is 1.77 bits per heavy atom. The minimum Gasteiger partial charge on any atom is -0.395 e. The summed E-state index contributed by atoms with van der Waals surface area (Å²) in [6.45, 7) is 1.94. The number of carbonyl (C=O) groups is 2. The molecule has 0 radical (unpaired) electrons. The van der Waals surface area contributed by atoms with Gasteiger partial charge in [-0.1, -0.05) is 48.2 Å². The van der Waals surface area contributed by atoms with Crippen molar-refractivity contribution in [2.45, 2.75) is 6.82 Å². The molecule has 0 aliphatic rings. The average molecular weight is 371 g/mol. The Balaban J connectivity index is 2.23. The van der Waals surface area contributed by atoms with Gasteiger partial charge in [0.1, 0.15) is 5.70 Å². The van der Waals surface area contributed by atoms with Crippen LogP contribution in [0.3, 0.4) is 0 Å². The first kappa shape index (κ1) is 19.8. The van der Waals surface area contributed by atoms with Gasteiger partial charge in [-0.05, 0) is 35.9 Å². The zero-order valence-electron chi connectivity index (χ0n) is 14.5. The monoisotopic (exact) mass is 370 g/mol. The van der Waals surface area contributed by atoms with E-state index in [2.05, 4.69) is 10.6 Å². The van der Waals surface area contributed by atoms with Crippen LogP contribution in [-0.4, -0.2) is 37.4 Å². The molecule has 7 heteroatoms. The number of carbonyl (C=O) groups excluding carboxylic acids is 2. The second-order valence-corrected chi connectivity index (χ2v) is 6.03. The van der Waals surface area contributed by atoms with Crippen molar-refractivity contribution in [3.63, 3.8) is 0 Å². The summed E-state index contributed by atoms with van der Waals surface area (Å²) in [6, 6.07) is 14.1. The maximum Gasteiger partial charge on any atom is 0.267 e. The molecule has 0 unspecified atom stereocenters. The van der Waals surface area contributed by atoms with Crippen LogP contribution < -0.4 is 16.1 Å². The SMILES string of the molecule is CBc1ccc(C(=O)N/C(=C\c2ccc(Cl)cc2)C(=O)NCCO)cc1. The Kier molecular flexibility index (Phi) is 7.44. The molecule has 0 bridgehead atoms. The fourth-order valence-electron chi connectivity index (χ4n) is 2.24. The second-order valence-electron chi connectivity index (χ2n) is 5.59. The zero-order valence-corrected chi connectivity index (χ0v) is 15.2. The van der Waals surface area contributed by atoms with Crippen LogP contribution in [0.2, 0.25) is 11.8 Å². The van der Waals surface area contributed by atoms with Crippen molar-refractivity contribution in [3.8, 4) is 0 Å². The molecule has 0 heterocycles. The summed E-state index contributed by atoms with van der Waals surface area (Å²) >= 11 is 5.87. The number of rotatable bonds is 7. The molecule has 134 valence electrons. The molecule has 2 rings (SSSR count). The van der Waals surface area contributed by atoms with Gasteiger partial charge in [0, 0.05) is 17.1 Å². The van der Waals surface area contributed by atoms with Gasteiger partial charge in [-0.15, -0.1) is 0 Å². The third-order valence-corrected chi connectivity index (χ3v) is 3.95. The zero-order chi connectivity index (χ0) is 18.9. The highest BCUT2D eigenvalue weighted by Crippen LogP contribution is 2.12. The average Bonchev–Trinajstić information content (AvgIpc) is 2.67. The van der Waals surface area contributed by atoms with Crippen molar-refractivity contribution in [1.82, 2.24) is 10.6 Å². The lowest BCUT2D eigenvalue weighted by Crippen LogP contribution is -2.36. The maximum atomic E-state index is 12.5. The summed E-state index contributed by atoms with van der Waals surface area (Å²) < 4.78 is 0. The Bertz CT molecular complexity index is 789.